The van der Waals surface area contributed by atoms with E-state index in [0.717, 1.165) is 24.8 Å². The summed E-state index contributed by atoms with van der Waals surface area (Å²) in [7, 11) is 0. The van der Waals surface area contributed by atoms with Crippen molar-refractivity contribution in [3.8, 4) is 22.5 Å². The molecule has 0 spiro atoms. The second-order valence-electron chi connectivity index (χ2n) is 7.56. The van der Waals surface area contributed by atoms with Crippen LogP contribution in [0.1, 0.15) is 25.7 Å². The number of halogens is 1. The van der Waals surface area contributed by atoms with Crippen molar-refractivity contribution < 1.29 is 9.26 Å². The maximum absolute atomic E-state index is 13.3. The normalized spacial score (nSPS) is 16.0. The summed E-state index contributed by atoms with van der Waals surface area (Å²) in [4.78, 5) is 26.6. The van der Waals surface area contributed by atoms with Gasteiger partial charge in [0.25, 0.3) is 5.56 Å². The molecule has 1 saturated heterocycles. The fourth-order valence-electron chi connectivity index (χ4n) is 3.84. The lowest BCUT2D eigenvalue weighted by Crippen LogP contribution is -2.24. The lowest BCUT2D eigenvalue weighted by Gasteiger charge is -2.15. The lowest BCUT2D eigenvalue weighted by molar-refractivity contribution is 0.131. The van der Waals surface area contributed by atoms with Crippen molar-refractivity contribution in [3.05, 3.63) is 51.7 Å². The average molecular weight is 453 g/mol. The van der Waals surface area contributed by atoms with Gasteiger partial charge in [0.2, 0.25) is 17.7 Å². The number of aryl methyl sites for hydroxylation is 2. The van der Waals surface area contributed by atoms with E-state index in [-0.39, 0.29) is 11.8 Å². The highest BCUT2D eigenvalue weighted by molar-refractivity contribution is 6.33. The molecule has 4 aromatic rings. The second kappa shape index (κ2) is 8.33. The minimum absolute atomic E-state index is 0.103. The van der Waals surface area contributed by atoms with E-state index in [0.29, 0.717) is 51.6 Å². The van der Waals surface area contributed by atoms with E-state index in [1.165, 1.54) is 0 Å². The van der Waals surface area contributed by atoms with E-state index in [2.05, 4.69) is 25.4 Å². The molecule has 0 saturated carbocycles. The van der Waals surface area contributed by atoms with Crippen molar-refractivity contribution >= 4 is 28.6 Å². The number of rotatable bonds is 5. The third-order valence-corrected chi connectivity index (χ3v) is 5.72. The Morgan fingerprint density at radius 2 is 2.12 bits per heavy atom. The Kier molecular flexibility index (Phi) is 5.36. The fraction of sp³-hybridized carbons (Fsp3) is 0.318. The van der Waals surface area contributed by atoms with Crippen LogP contribution in [0.3, 0.4) is 0 Å². The maximum atomic E-state index is 13.3. The molecule has 164 valence electrons. The van der Waals surface area contributed by atoms with Crippen molar-refractivity contribution in [2.75, 3.05) is 11.9 Å². The smallest absolute Gasteiger partial charge is 0.260 e. The van der Waals surface area contributed by atoms with Crippen LogP contribution >= 0.6 is 11.6 Å². The minimum atomic E-state index is -0.174. The number of nitrogens with one attached hydrogen (secondary N) is 1. The zero-order valence-corrected chi connectivity index (χ0v) is 18.4. The summed E-state index contributed by atoms with van der Waals surface area (Å²) < 4.78 is 12.3. The van der Waals surface area contributed by atoms with E-state index in [9.17, 15) is 4.79 Å². The molecule has 0 radical (unpaired) electrons. The van der Waals surface area contributed by atoms with Crippen LogP contribution in [0.5, 0.6) is 0 Å². The number of nitrogens with zero attached hydrogens (tertiary/aromatic N) is 5. The Labute approximate surface area is 188 Å². The van der Waals surface area contributed by atoms with Gasteiger partial charge < -0.3 is 14.6 Å². The van der Waals surface area contributed by atoms with Crippen LogP contribution in [0.25, 0.3) is 33.5 Å². The van der Waals surface area contributed by atoms with Crippen molar-refractivity contribution in [1.82, 2.24) is 24.7 Å². The number of hydrogen-bond acceptors (Lipinski definition) is 8. The molecule has 10 heteroatoms. The number of benzene rings is 1. The molecule has 5 rings (SSSR count). The topological polar surface area (TPSA) is 108 Å². The Morgan fingerprint density at radius 1 is 1.25 bits per heavy atom. The summed E-state index contributed by atoms with van der Waals surface area (Å²) in [6, 6.07) is 7.11. The zero-order valence-electron chi connectivity index (χ0n) is 17.6. The monoisotopic (exact) mass is 452 g/mol. The highest BCUT2D eigenvalue weighted by Crippen LogP contribution is 2.31. The van der Waals surface area contributed by atoms with E-state index >= 15 is 0 Å². The van der Waals surface area contributed by atoms with Gasteiger partial charge in [0, 0.05) is 53.4 Å². The Bertz CT molecular complexity index is 1360. The summed E-state index contributed by atoms with van der Waals surface area (Å²) in [6.45, 7) is 4.80. The Balaban J connectivity index is 1.57. The van der Waals surface area contributed by atoms with Gasteiger partial charge in [-0.3, -0.25) is 9.36 Å². The van der Waals surface area contributed by atoms with Gasteiger partial charge in [-0.2, -0.15) is 9.97 Å². The maximum Gasteiger partial charge on any atom is 0.260 e. The second-order valence-corrected chi connectivity index (χ2v) is 7.96. The molecule has 3 aromatic heterocycles. The molecule has 1 aromatic carbocycles. The van der Waals surface area contributed by atoms with Crippen molar-refractivity contribution in [2.24, 2.45) is 0 Å². The van der Waals surface area contributed by atoms with Crippen molar-refractivity contribution in [2.45, 2.75) is 39.5 Å². The molecule has 1 N–H and O–H groups in total. The Hall–Kier alpha value is -3.30. The summed E-state index contributed by atoms with van der Waals surface area (Å²) in [5, 5.41) is 8.26. The molecule has 1 aliphatic heterocycles. The number of pyridine rings is 1. The molecule has 0 bridgehead atoms. The third kappa shape index (κ3) is 3.74. The third-order valence-electron chi connectivity index (χ3n) is 5.41. The van der Waals surface area contributed by atoms with Gasteiger partial charge in [-0.15, -0.1) is 0 Å². The van der Waals surface area contributed by atoms with Gasteiger partial charge in [-0.1, -0.05) is 28.9 Å². The first-order valence-electron chi connectivity index (χ1n) is 10.4. The predicted octanol–water partition coefficient (Wildman–Crippen LogP) is 4.04. The molecule has 0 amide bonds. The highest BCUT2D eigenvalue weighted by Gasteiger charge is 2.19. The molecule has 1 aliphatic rings. The summed E-state index contributed by atoms with van der Waals surface area (Å²) >= 11 is 6.57. The average Bonchev–Trinajstić information content (AvgIpc) is 3.45. The molecule has 4 heterocycles. The van der Waals surface area contributed by atoms with Crippen LogP contribution in [0.15, 0.2) is 39.8 Å². The van der Waals surface area contributed by atoms with Crippen LogP contribution in [-0.4, -0.2) is 37.5 Å². The lowest BCUT2D eigenvalue weighted by atomic mass is 10.0. The summed E-state index contributed by atoms with van der Waals surface area (Å²) in [5.74, 6) is 1.35. The van der Waals surface area contributed by atoms with Gasteiger partial charge in [-0.05, 0) is 31.9 Å². The zero-order chi connectivity index (χ0) is 22.2. The van der Waals surface area contributed by atoms with Crippen molar-refractivity contribution in [3.63, 3.8) is 0 Å². The number of ether oxygens (including phenoxy) is 1. The molecule has 9 nitrogen and oxygen atoms in total. The van der Waals surface area contributed by atoms with E-state index in [1.807, 2.05) is 13.0 Å². The largest absolute Gasteiger partial charge is 0.359 e. The number of fused-ring (bicyclic) bond motifs is 1. The van der Waals surface area contributed by atoms with Crippen LogP contribution in [-0.2, 0) is 11.3 Å². The SMILES string of the molecule is CCn1c(=O)c(-c2ccc(-c3noc(C)n3)cc2Cl)cc2cnc(NC3CCCO3)nc21. The first-order chi connectivity index (χ1) is 15.5. The van der Waals surface area contributed by atoms with Crippen LogP contribution in [0.2, 0.25) is 5.02 Å². The summed E-state index contributed by atoms with van der Waals surface area (Å²) in [5.41, 5.74) is 2.19. The van der Waals surface area contributed by atoms with Crippen LogP contribution in [0.4, 0.5) is 5.95 Å². The van der Waals surface area contributed by atoms with Gasteiger partial charge >= 0.3 is 0 Å². The van der Waals surface area contributed by atoms with Crippen LogP contribution < -0.4 is 10.9 Å². The fourth-order valence-corrected chi connectivity index (χ4v) is 4.12. The summed E-state index contributed by atoms with van der Waals surface area (Å²) in [6.07, 6.45) is 3.51. The molecular formula is C22H21ClN6O3. The van der Waals surface area contributed by atoms with Gasteiger partial charge in [0.1, 0.15) is 11.9 Å². The number of aromatic nitrogens is 5. The predicted molar refractivity (Wildman–Crippen MR) is 121 cm³/mol. The van der Waals surface area contributed by atoms with Gasteiger partial charge in [0.05, 0.1) is 0 Å². The molecule has 1 atom stereocenters. The first kappa shape index (κ1) is 20.6. The molecule has 0 aliphatic carbocycles. The van der Waals surface area contributed by atoms with Crippen LogP contribution in [0, 0.1) is 6.92 Å². The molecule has 1 fully saturated rings. The van der Waals surface area contributed by atoms with Gasteiger partial charge in [-0.25, -0.2) is 4.98 Å². The molecular weight excluding hydrogens is 432 g/mol. The van der Waals surface area contributed by atoms with Crippen molar-refractivity contribution in [1.29, 1.82) is 0 Å². The number of hydrogen-bond donors (Lipinski definition) is 1. The first-order valence-corrected chi connectivity index (χ1v) is 10.8. The quantitative estimate of drug-likeness (QED) is 0.483. The van der Waals surface area contributed by atoms with E-state index in [1.54, 1.807) is 35.9 Å². The number of anilines is 1. The minimum Gasteiger partial charge on any atom is -0.359 e. The van der Waals surface area contributed by atoms with E-state index in [4.69, 9.17) is 20.9 Å². The van der Waals surface area contributed by atoms with E-state index < -0.39 is 0 Å². The van der Waals surface area contributed by atoms with Gasteiger partial charge in [0.15, 0.2) is 0 Å². The molecule has 1 unspecified atom stereocenters. The molecule has 32 heavy (non-hydrogen) atoms. The highest BCUT2D eigenvalue weighted by atomic mass is 35.5. The Morgan fingerprint density at radius 3 is 2.81 bits per heavy atom. The standard InChI is InChI=1S/C22H21ClN6O3/c1-3-29-20-14(11-24-22(27-20)26-18-5-4-8-31-18)9-16(21(29)30)15-7-6-13(10-17(15)23)19-25-12(2)32-28-19/h6-7,9-11,18H,3-5,8H2,1-2H3,(H,24,26,27).